The van der Waals surface area contributed by atoms with Gasteiger partial charge in [0.05, 0.1) is 21.8 Å². The fraction of sp³-hybridized carbons (Fsp3) is 0.400. The first kappa shape index (κ1) is 25.9. The molecule has 0 radical (unpaired) electrons. The molecular formula is C20H16Br2F6O2S2. The number of benzene rings is 2. The van der Waals surface area contributed by atoms with Gasteiger partial charge in [-0.25, -0.2) is 8.42 Å². The van der Waals surface area contributed by atoms with Crippen LogP contribution in [0.2, 0.25) is 0 Å². The lowest BCUT2D eigenvalue weighted by Gasteiger charge is -2.22. The topological polar surface area (TPSA) is 34.1 Å². The molecule has 0 aromatic heterocycles. The third-order valence-corrected chi connectivity index (χ3v) is 9.63. The van der Waals surface area contributed by atoms with Gasteiger partial charge in [-0.3, -0.25) is 0 Å². The predicted molar refractivity (Wildman–Crippen MR) is 118 cm³/mol. The summed E-state index contributed by atoms with van der Waals surface area (Å²) in [7, 11) is -3.83. The minimum atomic E-state index is -4.64. The fourth-order valence-corrected chi connectivity index (χ4v) is 7.98. The summed E-state index contributed by atoms with van der Waals surface area (Å²) in [5.74, 6) is 0.548. The predicted octanol–water partition coefficient (Wildman–Crippen LogP) is 7.69. The molecule has 0 spiro atoms. The molecule has 2 aromatic carbocycles. The Bertz CT molecular complexity index is 1130. The molecule has 0 saturated carbocycles. The summed E-state index contributed by atoms with van der Waals surface area (Å²) in [5, 5.41) is 0. The molecule has 2 aliphatic rings. The maximum absolute atomic E-state index is 12.8. The summed E-state index contributed by atoms with van der Waals surface area (Å²) < 4.78 is 101. The molecule has 12 heteroatoms. The Balaban J connectivity index is 0.000000182. The second kappa shape index (κ2) is 9.50. The van der Waals surface area contributed by atoms with Gasteiger partial charge in [0.25, 0.3) is 0 Å². The van der Waals surface area contributed by atoms with E-state index in [1.54, 1.807) is 0 Å². The Kier molecular flexibility index (Phi) is 7.69. The quantitative estimate of drug-likeness (QED) is 0.282. The van der Waals surface area contributed by atoms with Crippen molar-refractivity contribution in [3.8, 4) is 0 Å². The van der Waals surface area contributed by atoms with Crippen LogP contribution in [0.1, 0.15) is 35.1 Å². The normalized spacial score (nSPS) is 17.6. The summed E-state index contributed by atoms with van der Waals surface area (Å²) >= 11 is 7.71. The zero-order valence-electron chi connectivity index (χ0n) is 16.2. The van der Waals surface area contributed by atoms with Gasteiger partial charge in [0.2, 0.25) is 0 Å². The van der Waals surface area contributed by atoms with Crippen LogP contribution in [0, 0.1) is 0 Å². The molecule has 2 aromatic rings. The molecule has 176 valence electrons. The van der Waals surface area contributed by atoms with Crippen LogP contribution in [0.3, 0.4) is 0 Å². The number of halogens is 8. The van der Waals surface area contributed by atoms with Gasteiger partial charge in [-0.15, -0.1) is 11.8 Å². The highest BCUT2D eigenvalue weighted by molar-refractivity contribution is 9.10. The smallest absolute Gasteiger partial charge is 0.224 e. The fourth-order valence-electron chi connectivity index (χ4n) is 3.60. The standard InChI is InChI=1S/C10H8BrF3O2S.C10H8BrF3S/c11-8-4-3-7(10(12,13)14)9-6(8)2-1-5-17(9,15)16;11-8-4-3-7(10(12,13)14)9-6(8)2-1-5-15-9/h3-4H,1-2,5H2;3-4H,1-2,5H2. The van der Waals surface area contributed by atoms with Crippen LogP contribution in [0.25, 0.3) is 0 Å². The Morgan fingerprint density at radius 2 is 1.31 bits per heavy atom. The molecule has 2 nitrogen and oxygen atoms in total. The van der Waals surface area contributed by atoms with Crippen LogP contribution >= 0.6 is 43.6 Å². The van der Waals surface area contributed by atoms with Crippen molar-refractivity contribution in [1.29, 1.82) is 0 Å². The summed E-state index contributed by atoms with van der Waals surface area (Å²) in [5.41, 5.74) is -0.507. The van der Waals surface area contributed by atoms with E-state index in [2.05, 4.69) is 31.9 Å². The van der Waals surface area contributed by atoms with Gasteiger partial charge < -0.3 is 0 Å². The average molecular weight is 626 g/mol. The number of alkyl halides is 6. The van der Waals surface area contributed by atoms with Gasteiger partial charge >= 0.3 is 12.4 Å². The Labute approximate surface area is 202 Å². The van der Waals surface area contributed by atoms with Gasteiger partial charge in [0.1, 0.15) is 0 Å². The van der Waals surface area contributed by atoms with Crippen molar-refractivity contribution in [3.63, 3.8) is 0 Å². The van der Waals surface area contributed by atoms with Crippen molar-refractivity contribution in [1.82, 2.24) is 0 Å². The maximum Gasteiger partial charge on any atom is 0.417 e. The minimum absolute atomic E-state index is 0.223. The number of fused-ring (bicyclic) bond motifs is 2. The van der Waals surface area contributed by atoms with E-state index in [1.807, 2.05) is 0 Å². The highest BCUT2D eigenvalue weighted by Crippen LogP contribution is 2.44. The Morgan fingerprint density at radius 1 is 0.781 bits per heavy atom. The van der Waals surface area contributed by atoms with Crippen molar-refractivity contribution >= 4 is 53.5 Å². The number of rotatable bonds is 0. The van der Waals surface area contributed by atoms with Gasteiger partial charge in [-0.05, 0) is 66.8 Å². The summed E-state index contributed by atoms with van der Waals surface area (Å²) in [6.45, 7) is 0. The lowest BCUT2D eigenvalue weighted by molar-refractivity contribution is -0.140. The monoisotopic (exact) mass is 624 g/mol. The molecule has 0 saturated heterocycles. The average Bonchev–Trinajstić information content (AvgIpc) is 2.67. The molecule has 32 heavy (non-hydrogen) atoms. The first-order valence-electron chi connectivity index (χ1n) is 9.36. The molecule has 0 amide bonds. The van der Waals surface area contributed by atoms with Crippen LogP contribution in [0.15, 0.2) is 43.0 Å². The van der Waals surface area contributed by atoms with Crippen molar-refractivity contribution in [2.24, 2.45) is 0 Å². The molecule has 4 rings (SSSR count). The molecule has 2 heterocycles. The first-order valence-corrected chi connectivity index (χ1v) is 13.6. The number of hydrogen-bond donors (Lipinski definition) is 0. The van der Waals surface area contributed by atoms with Crippen molar-refractivity contribution < 1.29 is 34.8 Å². The van der Waals surface area contributed by atoms with E-state index in [0.29, 0.717) is 22.2 Å². The highest BCUT2D eigenvalue weighted by Gasteiger charge is 2.40. The molecule has 0 N–H and O–H groups in total. The second-order valence-electron chi connectivity index (χ2n) is 7.18. The lowest BCUT2D eigenvalue weighted by atomic mass is 10.1. The number of thioether (sulfide) groups is 1. The molecule has 0 unspecified atom stereocenters. The van der Waals surface area contributed by atoms with Gasteiger partial charge in [-0.1, -0.05) is 31.9 Å². The molecule has 2 aliphatic heterocycles. The summed E-state index contributed by atoms with van der Waals surface area (Å²) in [6, 6.07) is 4.71. The molecule has 0 fully saturated rings. The maximum atomic E-state index is 12.8. The third kappa shape index (κ3) is 5.50. The van der Waals surface area contributed by atoms with E-state index >= 15 is 0 Å². The molecule has 0 bridgehead atoms. The van der Waals surface area contributed by atoms with E-state index < -0.39 is 38.2 Å². The molecule has 0 aliphatic carbocycles. The van der Waals surface area contributed by atoms with E-state index in [9.17, 15) is 34.8 Å². The summed E-state index contributed by atoms with van der Waals surface area (Å²) in [4.78, 5) is -0.145. The van der Waals surface area contributed by atoms with Crippen LogP contribution in [-0.2, 0) is 35.0 Å². The molecule has 0 atom stereocenters. The van der Waals surface area contributed by atoms with Gasteiger partial charge in [0.15, 0.2) is 9.84 Å². The second-order valence-corrected chi connectivity index (χ2v) is 12.0. The Morgan fingerprint density at radius 3 is 1.91 bits per heavy atom. The van der Waals surface area contributed by atoms with E-state index in [1.165, 1.54) is 23.9 Å². The Hall–Kier alpha value is -0.720. The van der Waals surface area contributed by atoms with Crippen molar-refractivity contribution in [2.75, 3.05) is 11.5 Å². The van der Waals surface area contributed by atoms with Crippen molar-refractivity contribution in [3.05, 3.63) is 55.5 Å². The van der Waals surface area contributed by atoms with E-state index in [-0.39, 0.29) is 11.3 Å². The minimum Gasteiger partial charge on any atom is -0.224 e. The van der Waals surface area contributed by atoms with Crippen LogP contribution in [0.5, 0.6) is 0 Å². The van der Waals surface area contributed by atoms with Gasteiger partial charge in [0, 0.05) is 13.8 Å². The number of sulfone groups is 1. The highest BCUT2D eigenvalue weighted by atomic mass is 79.9. The van der Waals surface area contributed by atoms with E-state index in [0.717, 1.165) is 40.8 Å². The van der Waals surface area contributed by atoms with Crippen LogP contribution in [-0.4, -0.2) is 19.9 Å². The third-order valence-electron chi connectivity index (χ3n) is 4.99. The van der Waals surface area contributed by atoms with Crippen LogP contribution < -0.4 is 0 Å². The lowest BCUT2D eigenvalue weighted by Crippen LogP contribution is -2.22. The van der Waals surface area contributed by atoms with E-state index in [4.69, 9.17) is 0 Å². The van der Waals surface area contributed by atoms with Gasteiger partial charge in [-0.2, -0.15) is 26.3 Å². The summed E-state index contributed by atoms with van der Waals surface area (Å²) in [6.07, 6.45) is -6.51. The largest absolute Gasteiger partial charge is 0.417 e. The number of hydrogen-bond acceptors (Lipinski definition) is 3. The van der Waals surface area contributed by atoms with Crippen molar-refractivity contribution in [2.45, 2.75) is 47.8 Å². The zero-order valence-corrected chi connectivity index (χ0v) is 21.0. The first-order chi connectivity index (χ1) is 14.7. The molecular weight excluding hydrogens is 610 g/mol. The zero-order chi connectivity index (χ0) is 23.9. The SMILES string of the molecule is FC(F)(F)c1ccc(Br)c2c1SCCC2.O=S1(=O)CCCc2c(Br)ccc(C(F)(F)F)c21. The van der Waals surface area contributed by atoms with Crippen LogP contribution in [0.4, 0.5) is 26.3 Å².